The van der Waals surface area contributed by atoms with Gasteiger partial charge in [-0.2, -0.15) is 0 Å². The molecular formula is C13H10F2N4. The number of halogens is 2. The predicted molar refractivity (Wildman–Crippen MR) is 68.3 cm³/mol. The van der Waals surface area contributed by atoms with E-state index in [1.807, 2.05) is 13.0 Å². The van der Waals surface area contributed by atoms with Crippen molar-refractivity contribution in [1.82, 2.24) is 15.0 Å². The minimum atomic E-state index is -0.902. The number of nitrogens with zero attached hydrogens (tertiary/aromatic N) is 2. The van der Waals surface area contributed by atoms with Crippen LogP contribution in [0, 0.1) is 18.6 Å². The lowest BCUT2D eigenvalue weighted by molar-refractivity contribution is 0.509. The Labute approximate surface area is 107 Å². The van der Waals surface area contributed by atoms with Gasteiger partial charge in [-0.1, -0.05) is 0 Å². The number of hydrogen-bond acceptors (Lipinski definition) is 3. The van der Waals surface area contributed by atoms with Crippen molar-refractivity contribution in [2.75, 3.05) is 5.32 Å². The fourth-order valence-corrected chi connectivity index (χ4v) is 1.88. The first-order valence-corrected chi connectivity index (χ1v) is 5.66. The maximum atomic E-state index is 13.1. The molecule has 3 aromatic rings. The first-order valence-electron chi connectivity index (χ1n) is 5.66. The second-order valence-corrected chi connectivity index (χ2v) is 4.19. The molecule has 0 atom stereocenters. The molecule has 0 spiro atoms. The average molecular weight is 260 g/mol. The molecule has 0 saturated heterocycles. The van der Waals surface area contributed by atoms with Crippen LogP contribution < -0.4 is 5.32 Å². The number of fused-ring (bicyclic) bond motifs is 1. The maximum Gasteiger partial charge on any atom is 0.160 e. The molecule has 0 saturated carbocycles. The van der Waals surface area contributed by atoms with E-state index in [0.717, 1.165) is 23.2 Å². The summed E-state index contributed by atoms with van der Waals surface area (Å²) in [6.07, 6.45) is 1.40. The van der Waals surface area contributed by atoms with E-state index in [1.54, 1.807) is 0 Å². The van der Waals surface area contributed by atoms with Crippen LogP contribution in [0.2, 0.25) is 0 Å². The lowest BCUT2D eigenvalue weighted by Crippen LogP contribution is -1.96. The van der Waals surface area contributed by atoms with Crippen molar-refractivity contribution in [2.45, 2.75) is 6.92 Å². The van der Waals surface area contributed by atoms with E-state index in [1.165, 1.54) is 12.4 Å². The number of rotatable bonds is 2. The van der Waals surface area contributed by atoms with Gasteiger partial charge < -0.3 is 10.3 Å². The van der Waals surface area contributed by atoms with E-state index in [0.29, 0.717) is 17.2 Å². The van der Waals surface area contributed by atoms with E-state index >= 15 is 0 Å². The third-order valence-electron chi connectivity index (χ3n) is 2.74. The van der Waals surface area contributed by atoms with Crippen molar-refractivity contribution in [3.8, 4) is 0 Å². The van der Waals surface area contributed by atoms with Gasteiger partial charge in [0.2, 0.25) is 0 Å². The normalized spacial score (nSPS) is 10.9. The van der Waals surface area contributed by atoms with Crippen LogP contribution in [-0.4, -0.2) is 15.0 Å². The Balaban J connectivity index is 2.02. The zero-order valence-corrected chi connectivity index (χ0v) is 10.0. The van der Waals surface area contributed by atoms with Crippen molar-refractivity contribution in [1.29, 1.82) is 0 Å². The number of anilines is 2. The quantitative estimate of drug-likeness (QED) is 0.743. The van der Waals surface area contributed by atoms with Gasteiger partial charge in [-0.05, 0) is 25.1 Å². The highest BCUT2D eigenvalue weighted by atomic mass is 19.2. The number of nitrogens with one attached hydrogen (secondary N) is 2. The molecule has 0 amide bonds. The Morgan fingerprint density at radius 3 is 2.74 bits per heavy atom. The molecule has 1 aromatic carbocycles. The molecule has 3 rings (SSSR count). The van der Waals surface area contributed by atoms with Crippen molar-refractivity contribution in [2.24, 2.45) is 0 Å². The zero-order valence-electron chi connectivity index (χ0n) is 10.0. The standard InChI is InChI=1S/C13H10F2N4/c1-7-4-9-12(18-7)16-6-17-13(9)19-8-2-3-10(14)11(15)5-8/h2-6H,1H3,(H2,16,17,18,19). The highest BCUT2D eigenvalue weighted by Crippen LogP contribution is 2.24. The van der Waals surface area contributed by atoms with Gasteiger partial charge in [-0.3, -0.25) is 0 Å². The van der Waals surface area contributed by atoms with Crippen LogP contribution in [-0.2, 0) is 0 Å². The van der Waals surface area contributed by atoms with E-state index in [-0.39, 0.29) is 0 Å². The van der Waals surface area contributed by atoms with Crippen molar-refractivity contribution in [3.63, 3.8) is 0 Å². The predicted octanol–water partition coefficient (Wildman–Crippen LogP) is 3.29. The summed E-state index contributed by atoms with van der Waals surface area (Å²) in [6.45, 7) is 1.91. The van der Waals surface area contributed by atoms with Gasteiger partial charge in [0.1, 0.15) is 17.8 Å². The lowest BCUT2D eigenvalue weighted by Gasteiger charge is -2.06. The maximum absolute atomic E-state index is 13.1. The molecule has 0 aliphatic carbocycles. The number of benzene rings is 1. The molecule has 0 radical (unpaired) electrons. The highest BCUT2D eigenvalue weighted by Gasteiger charge is 2.08. The van der Waals surface area contributed by atoms with Crippen LogP contribution in [0.3, 0.4) is 0 Å². The molecule has 6 heteroatoms. The molecule has 96 valence electrons. The monoisotopic (exact) mass is 260 g/mol. The van der Waals surface area contributed by atoms with Crippen molar-refractivity contribution in [3.05, 3.63) is 47.9 Å². The van der Waals surface area contributed by atoms with Crippen LogP contribution in [0.1, 0.15) is 5.69 Å². The second-order valence-electron chi connectivity index (χ2n) is 4.19. The topological polar surface area (TPSA) is 53.6 Å². The molecule has 0 unspecified atom stereocenters. The van der Waals surface area contributed by atoms with E-state index < -0.39 is 11.6 Å². The molecule has 2 N–H and O–H groups in total. The minimum Gasteiger partial charge on any atom is -0.343 e. The third kappa shape index (κ3) is 2.12. The van der Waals surface area contributed by atoms with E-state index in [2.05, 4.69) is 20.3 Å². The molecular weight excluding hydrogens is 250 g/mol. The summed E-state index contributed by atoms with van der Waals surface area (Å²) < 4.78 is 26.0. The first-order chi connectivity index (χ1) is 9.13. The number of hydrogen-bond donors (Lipinski definition) is 2. The Morgan fingerprint density at radius 2 is 1.95 bits per heavy atom. The Morgan fingerprint density at radius 1 is 1.11 bits per heavy atom. The highest BCUT2D eigenvalue weighted by molar-refractivity contribution is 5.89. The molecule has 0 bridgehead atoms. The minimum absolute atomic E-state index is 0.428. The summed E-state index contributed by atoms with van der Waals surface area (Å²) in [7, 11) is 0. The van der Waals surface area contributed by atoms with Crippen LogP contribution in [0.4, 0.5) is 20.3 Å². The van der Waals surface area contributed by atoms with Gasteiger partial charge in [0, 0.05) is 17.4 Å². The summed E-state index contributed by atoms with van der Waals surface area (Å²) in [6, 6.07) is 5.49. The van der Waals surface area contributed by atoms with Crippen LogP contribution in [0.15, 0.2) is 30.6 Å². The smallest absolute Gasteiger partial charge is 0.160 e. The SMILES string of the molecule is Cc1cc2c(Nc3ccc(F)c(F)c3)ncnc2[nH]1. The van der Waals surface area contributed by atoms with Gasteiger partial charge in [-0.25, -0.2) is 18.7 Å². The molecule has 0 fully saturated rings. The zero-order chi connectivity index (χ0) is 13.4. The van der Waals surface area contributed by atoms with Crippen LogP contribution >= 0.6 is 0 Å². The van der Waals surface area contributed by atoms with Gasteiger partial charge in [-0.15, -0.1) is 0 Å². The molecule has 2 aromatic heterocycles. The van der Waals surface area contributed by atoms with Gasteiger partial charge in [0.05, 0.1) is 5.39 Å². The number of aromatic nitrogens is 3. The second kappa shape index (κ2) is 4.31. The largest absolute Gasteiger partial charge is 0.343 e. The number of aromatic amines is 1. The Kier molecular flexibility index (Phi) is 2.63. The number of aryl methyl sites for hydroxylation is 1. The van der Waals surface area contributed by atoms with Gasteiger partial charge in [0.15, 0.2) is 11.6 Å². The van der Waals surface area contributed by atoms with Gasteiger partial charge in [0.25, 0.3) is 0 Å². The Hall–Kier alpha value is -2.50. The van der Waals surface area contributed by atoms with Crippen LogP contribution in [0.5, 0.6) is 0 Å². The molecule has 4 nitrogen and oxygen atoms in total. The summed E-state index contributed by atoms with van der Waals surface area (Å²) in [5, 5.41) is 3.75. The summed E-state index contributed by atoms with van der Waals surface area (Å²) in [5.74, 6) is -1.24. The third-order valence-corrected chi connectivity index (χ3v) is 2.74. The van der Waals surface area contributed by atoms with Crippen molar-refractivity contribution >= 4 is 22.5 Å². The summed E-state index contributed by atoms with van der Waals surface area (Å²) in [5.41, 5.74) is 2.07. The summed E-state index contributed by atoms with van der Waals surface area (Å²) >= 11 is 0. The number of H-pyrrole nitrogens is 1. The molecule has 0 aliphatic rings. The molecule has 19 heavy (non-hydrogen) atoms. The van der Waals surface area contributed by atoms with E-state index in [4.69, 9.17) is 0 Å². The summed E-state index contributed by atoms with van der Waals surface area (Å²) in [4.78, 5) is 11.3. The van der Waals surface area contributed by atoms with E-state index in [9.17, 15) is 8.78 Å². The fraction of sp³-hybridized carbons (Fsp3) is 0.0769. The molecule has 0 aliphatic heterocycles. The fourth-order valence-electron chi connectivity index (χ4n) is 1.88. The van der Waals surface area contributed by atoms with Crippen LogP contribution in [0.25, 0.3) is 11.0 Å². The lowest BCUT2D eigenvalue weighted by atomic mass is 10.3. The average Bonchev–Trinajstić information content (AvgIpc) is 2.75. The molecule has 2 heterocycles. The van der Waals surface area contributed by atoms with Gasteiger partial charge >= 0.3 is 0 Å². The first kappa shape index (κ1) is 11.6. The Bertz CT molecular complexity index is 751. The van der Waals surface area contributed by atoms with Crippen molar-refractivity contribution < 1.29 is 8.78 Å².